The molecule has 1 amide bonds. The van der Waals surface area contributed by atoms with Crippen molar-refractivity contribution in [3.8, 4) is 0 Å². The van der Waals surface area contributed by atoms with Gasteiger partial charge in [-0.15, -0.1) is 0 Å². The van der Waals surface area contributed by atoms with Crippen LogP contribution in [0.5, 0.6) is 0 Å². The Bertz CT molecular complexity index is 262. The van der Waals surface area contributed by atoms with E-state index in [1.165, 1.54) is 38.5 Å². The van der Waals surface area contributed by atoms with Crippen LogP contribution in [0.2, 0.25) is 0 Å². The summed E-state index contributed by atoms with van der Waals surface area (Å²) in [5, 5.41) is 3.31. The third-order valence-corrected chi connectivity index (χ3v) is 4.38. The Balaban J connectivity index is 1.85. The van der Waals surface area contributed by atoms with Gasteiger partial charge in [-0.25, -0.2) is 0 Å². The molecule has 104 valence electrons. The predicted octanol–water partition coefficient (Wildman–Crippen LogP) is 1.11. The second kappa shape index (κ2) is 7.10. The number of piperazine rings is 1. The van der Waals surface area contributed by atoms with Crippen LogP contribution in [0.25, 0.3) is 0 Å². The van der Waals surface area contributed by atoms with E-state index in [9.17, 15) is 4.79 Å². The van der Waals surface area contributed by atoms with Gasteiger partial charge in [0.15, 0.2) is 0 Å². The van der Waals surface area contributed by atoms with Crippen LogP contribution in [0.3, 0.4) is 0 Å². The summed E-state index contributed by atoms with van der Waals surface area (Å²) in [6.07, 6.45) is 8.54. The highest BCUT2D eigenvalue weighted by atomic mass is 16.2. The molecule has 3 N–H and O–H groups in total. The average molecular weight is 253 g/mol. The zero-order valence-electron chi connectivity index (χ0n) is 11.4. The fourth-order valence-corrected chi connectivity index (χ4v) is 3.23. The van der Waals surface area contributed by atoms with Crippen LogP contribution in [0, 0.1) is 5.92 Å². The lowest BCUT2D eigenvalue weighted by Gasteiger charge is -2.36. The summed E-state index contributed by atoms with van der Waals surface area (Å²) in [7, 11) is 0. The number of nitrogens with two attached hydrogens (primary N) is 1. The van der Waals surface area contributed by atoms with Gasteiger partial charge in [-0.05, 0) is 18.8 Å². The lowest BCUT2D eigenvalue weighted by molar-refractivity contribution is -0.135. The van der Waals surface area contributed by atoms with E-state index in [4.69, 9.17) is 5.73 Å². The zero-order chi connectivity index (χ0) is 12.8. The van der Waals surface area contributed by atoms with Gasteiger partial charge in [0.05, 0.1) is 6.04 Å². The lowest BCUT2D eigenvalue weighted by atomic mass is 9.95. The molecule has 0 aromatic heterocycles. The van der Waals surface area contributed by atoms with Gasteiger partial charge in [0, 0.05) is 32.6 Å². The predicted molar refractivity (Wildman–Crippen MR) is 73.2 cm³/mol. The summed E-state index contributed by atoms with van der Waals surface area (Å²) >= 11 is 0. The Morgan fingerprint density at radius 2 is 1.94 bits per heavy atom. The fourth-order valence-electron chi connectivity index (χ4n) is 3.23. The average Bonchev–Trinajstić information content (AvgIpc) is 2.67. The standard InChI is InChI=1S/C14H27N3O/c15-10-13-11-16-7-8-17(13)14(18)9-12-5-3-1-2-4-6-12/h12-13,16H,1-11,15H2. The molecule has 1 atom stereocenters. The number of rotatable bonds is 3. The van der Waals surface area contributed by atoms with E-state index in [2.05, 4.69) is 5.32 Å². The molecule has 1 heterocycles. The van der Waals surface area contributed by atoms with Crippen molar-refractivity contribution in [2.24, 2.45) is 11.7 Å². The fraction of sp³-hybridized carbons (Fsp3) is 0.929. The van der Waals surface area contributed by atoms with E-state index in [-0.39, 0.29) is 6.04 Å². The number of hydrogen-bond acceptors (Lipinski definition) is 3. The maximum Gasteiger partial charge on any atom is 0.223 e. The largest absolute Gasteiger partial charge is 0.336 e. The van der Waals surface area contributed by atoms with Gasteiger partial charge in [-0.3, -0.25) is 4.79 Å². The Hall–Kier alpha value is -0.610. The first-order chi connectivity index (χ1) is 8.81. The Morgan fingerprint density at radius 3 is 2.61 bits per heavy atom. The van der Waals surface area contributed by atoms with Crippen molar-refractivity contribution in [3.05, 3.63) is 0 Å². The van der Waals surface area contributed by atoms with Gasteiger partial charge in [0.2, 0.25) is 5.91 Å². The normalized spacial score (nSPS) is 26.9. The molecule has 1 aliphatic carbocycles. The molecule has 1 saturated carbocycles. The SMILES string of the molecule is NCC1CNCCN1C(=O)CC1CCCCCC1. The molecule has 4 nitrogen and oxygen atoms in total. The van der Waals surface area contributed by atoms with E-state index in [1.807, 2.05) is 4.90 Å². The summed E-state index contributed by atoms with van der Waals surface area (Å²) in [6, 6.07) is 0.206. The summed E-state index contributed by atoms with van der Waals surface area (Å²) in [4.78, 5) is 14.4. The van der Waals surface area contributed by atoms with Crippen LogP contribution in [0.15, 0.2) is 0 Å². The summed E-state index contributed by atoms with van der Waals surface area (Å²) in [5.74, 6) is 0.951. The monoisotopic (exact) mass is 253 g/mol. The quantitative estimate of drug-likeness (QED) is 0.741. The second-order valence-corrected chi connectivity index (χ2v) is 5.74. The van der Waals surface area contributed by atoms with Crippen LogP contribution in [0.1, 0.15) is 44.9 Å². The van der Waals surface area contributed by atoms with Crippen LogP contribution >= 0.6 is 0 Å². The highest BCUT2D eigenvalue weighted by Crippen LogP contribution is 2.26. The summed E-state index contributed by atoms with van der Waals surface area (Å²) < 4.78 is 0. The third-order valence-electron chi connectivity index (χ3n) is 4.38. The summed E-state index contributed by atoms with van der Waals surface area (Å²) in [5.41, 5.74) is 5.76. The van der Waals surface area contributed by atoms with Crippen molar-refractivity contribution in [1.29, 1.82) is 0 Å². The summed E-state index contributed by atoms with van der Waals surface area (Å²) in [6.45, 7) is 3.16. The van der Waals surface area contributed by atoms with Crippen molar-refractivity contribution in [2.75, 3.05) is 26.2 Å². The highest BCUT2D eigenvalue weighted by Gasteiger charge is 2.27. The first kappa shape index (κ1) is 13.8. The molecule has 1 unspecified atom stereocenters. The number of nitrogens with zero attached hydrogens (tertiary/aromatic N) is 1. The molecule has 4 heteroatoms. The topological polar surface area (TPSA) is 58.4 Å². The van der Waals surface area contributed by atoms with Gasteiger partial charge >= 0.3 is 0 Å². The molecule has 0 bridgehead atoms. The Labute approximate surface area is 110 Å². The molecule has 2 rings (SSSR count). The van der Waals surface area contributed by atoms with Gasteiger partial charge in [0.1, 0.15) is 0 Å². The molecule has 18 heavy (non-hydrogen) atoms. The third kappa shape index (κ3) is 3.69. The number of hydrogen-bond donors (Lipinski definition) is 2. The van der Waals surface area contributed by atoms with Crippen molar-refractivity contribution in [2.45, 2.75) is 51.0 Å². The smallest absolute Gasteiger partial charge is 0.223 e. The highest BCUT2D eigenvalue weighted by molar-refractivity contribution is 5.77. The maximum atomic E-state index is 12.4. The molecule has 1 aliphatic heterocycles. The Kier molecular flexibility index (Phi) is 5.45. The first-order valence-electron chi connectivity index (χ1n) is 7.51. The van der Waals surface area contributed by atoms with E-state index in [0.29, 0.717) is 18.4 Å². The number of carbonyl (C=O) groups excluding carboxylic acids is 1. The molecule has 0 radical (unpaired) electrons. The lowest BCUT2D eigenvalue weighted by Crippen LogP contribution is -2.56. The van der Waals surface area contributed by atoms with E-state index in [0.717, 1.165) is 26.1 Å². The second-order valence-electron chi connectivity index (χ2n) is 5.74. The van der Waals surface area contributed by atoms with Gasteiger partial charge < -0.3 is 16.0 Å². The van der Waals surface area contributed by atoms with Crippen molar-refractivity contribution in [1.82, 2.24) is 10.2 Å². The zero-order valence-corrected chi connectivity index (χ0v) is 11.4. The molecular weight excluding hydrogens is 226 g/mol. The molecule has 0 aromatic carbocycles. The van der Waals surface area contributed by atoms with E-state index >= 15 is 0 Å². The van der Waals surface area contributed by atoms with E-state index in [1.54, 1.807) is 0 Å². The molecule has 0 spiro atoms. The number of amides is 1. The molecule has 2 fully saturated rings. The van der Waals surface area contributed by atoms with Crippen molar-refractivity contribution >= 4 is 5.91 Å². The van der Waals surface area contributed by atoms with Gasteiger partial charge in [-0.1, -0.05) is 25.7 Å². The number of nitrogens with one attached hydrogen (secondary N) is 1. The van der Waals surface area contributed by atoms with Crippen LogP contribution < -0.4 is 11.1 Å². The Morgan fingerprint density at radius 1 is 1.22 bits per heavy atom. The minimum absolute atomic E-state index is 0.206. The molecule has 1 saturated heterocycles. The minimum Gasteiger partial charge on any atom is -0.336 e. The van der Waals surface area contributed by atoms with Crippen LogP contribution in [-0.2, 0) is 4.79 Å². The molecular formula is C14H27N3O. The van der Waals surface area contributed by atoms with Crippen LogP contribution in [-0.4, -0.2) is 43.0 Å². The van der Waals surface area contributed by atoms with Gasteiger partial charge in [-0.2, -0.15) is 0 Å². The van der Waals surface area contributed by atoms with E-state index < -0.39 is 0 Å². The van der Waals surface area contributed by atoms with Crippen LogP contribution in [0.4, 0.5) is 0 Å². The maximum absolute atomic E-state index is 12.4. The first-order valence-corrected chi connectivity index (χ1v) is 7.51. The number of carbonyl (C=O) groups is 1. The van der Waals surface area contributed by atoms with Crippen molar-refractivity contribution in [3.63, 3.8) is 0 Å². The van der Waals surface area contributed by atoms with Gasteiger partial charge in [0.25, 0.3) is 0 Å². The molecule has 2 aliphatic rings. The molecule has 0 aromatic rings. The minimum atomic E-state index is 0.206. The van der Waals surface area contributed by atoms with Crippen molar-refractivity contribution < 1.29 is 4.79 Å².